The second kappa shape index (κ2) is 4.91. The van der Waals surface area contributed by atoms with Crippen LogP contribution in [0, 0.1) is 22.7 Å². The zero-order chi connectivity index (χ0) is 13.2. The molecule has 0 heterocycles. The maximum absolute atomic E-state index is 12.4. The number of hydrogen-bond acceptors (Lipinski definition) is 2. The van der Waals surface area contributed by atoms with Gasteiger partial charge in [-0.25, -0.2) is 0 Å². The Bertz CT molecular complexity index is 355. The molecule has 0 spiro atoms. The highest BCUT2D eigenvalue weighted by Gasteiger charge is 2.42. The average Bonchev–Trinajstić information content (AvgIpc) is 2.81. The van der Waals surface area contributed by atoms with E-state index >= 15 is 0 Å². The third kappa shape index (κ3) is 2.53. The van der Waals surface area contributed by atoms with Crippen molar-refractivity contribution in [2.24, 2.45) is 11.3 Å². The van der Waals surface area contributed by atoms with Gasteiger partial charge in [0.15, 0.2) is 0 Å². The standard InChI is InChI=1S/C15H24N2O/c1-12-5-9-15(11-16,10-6-12)17-13(18)14(2)7-3-4-8-14/h12H,3-10H2,1-2H3,(H,17,18). The lowest BCUT2D eigenvalue weighted by atomic mass is 9.77. The van der Waals surface area contributed by atoms with Crippen LogP contribution < -0.4 is 5.32 Å². The second-order valence-electron chi connectivity index (χ2n) is 6.60. The Hall–Kier alpha value is -1.04. The van der Waals surface area contributed by atoms with Crippen molar-refractivity contribution in [2.45, 2.75) is 70.8 Å². The summed E-state index contributed by atoms with van der Waals surface area (Å²) in [5, 5.41) is 12.5. The number of nitriles is 1. The van der Waals surface area contributed by atoms with E-state index in [2.05, 4.69) is 18.3 Å². The van der Waals surface area contributed by atoms with Gasteiger partial charge in [0.25, 0.3) is 0 Å². The zero-order valence-electron chi connectivity index (χ0n) is 11.6. The minimum atomic E-state index is -0.588. The molecule has 0 atom stereocenters. The molecule has 0 aromatic heterocycles. The Balaban J connectivity index is 2.02. The van der Waals surface area contributed by atoms with Crippen LogP contribution in [0.5, 0.6) is 0 Å². The molecule has 2 aliphatic rings. The molecule has 0 bridgehead atoms. The van der Waals surface area contributed by atoms with Gasteiger partial charge in [0.2, 0.25) is 5.91 Å². The number of hydrogen-bond donors (Lipinski definition) is 1. The molecule has 0 unspecified atom stereocenters. The minimum Gasteiger partial charge on any atom is -0.337 e. The lowest BCUT2D eigenvalue weighted by molar-refractivity contribution is -0.131. The molecular weight excluding hydrogens is 224 g/mol. The highest BCUT2D eigenvalue weighted by Crippen LogP contribution is 2.39. The van der Waals surface area contributed by atoms with E-state index < -0.39 is 5.54 Å². The van der Waals surface area contributed by atoms with Crippen molar-refractivity contribution in [1.82, 2.24) is 5.32 Å². The van der Waals surface area contributed by atoms with E-state index in [0.717, 1.165) is 51.4 Å². The van der Waals surface area contributed by atoms with Crippen LogP contribution in [0.25, 0.3) is 0 Å². The maximum atomic E-state index is 12.4. The highest BCUT2D eigenvalue weighted by molar-refractivity contribution is 5.83. The lowest BCUT2D eigenvalue weighted by Gasteiger charge is -2.37. The summed E-state index contributed by atoms with van der Waals surface area (Å²) in [6, 6.07) is 2.38. The Morgan fingerprint density at radius 3 is 2.28 bits per heavy atom. The summed E-state index contributed by atoms with van der Waals surface area (Å²) in [5.41, 5.74) is -0.817. The van der Waals surface area contributed by atoms with E-state index in [0.29, 0.717) is 5.92 Å². The summed E-state index contributed by atoms with van der Waals surface area (Å²) in [4.78, 5) is 12.4. The lowest BCUT2D eigenvalue weighted by Crippen LogP contribution is -2.53. The largest absolute Gasteiger partial charge is 0.337 e. The van der Waals surface area contributed by atoms with Crippen LogP contribution in [0.2, 0.25) is 0 Å². The number of nitrogens with one attached hydrogen (secondary N) is 1. The van der Waals surface area contributed by atoms with E-state index in [1.54, 1.807) is 0 Å². The zero-order valence-corrected chi connectivity index (χ0v) is 11.6. The van der Waals surface area contributed by atoms with E-state index in [1.165, 1.54) is 0 Å². The summed E-state index contributed by atoms with van der Waals surface area (Å²) < 4.78 is 0. The summed E-state index contributed by atoms with van der Waals surface area (Å²) in [6.45, 7) is 4.27. The predicted molar refractivity (Wildman–Crippen MR) is 70.7 cm³/mol. The van der Waals surface area contributed by atoms with Crippen molar-refractivity contribution < 1.29 is 4.79 Å². The van der Waals surface area contributed by atoms with Crippen LogP contribution in [-0.4, -0.2) is 11.4 Å². The summed E-state index contributed by atoms with van der Waals surface area (Å²) in [7, 11) is 0. The molecule has 1 N–H and O–H groups in total. The Kier molecular flexibility index (Phi) is 3.66. The molecule has 2 saturated carbocycles. The molecule has 0 saturated heterocycles. The summed E-state index contributed by atoms with van der Waals surface area (Å²) >= 11 is 0. The topological polar surface area (TPSA) is 52.9 Å². The van der Waals surface area contributed by atoms with Gasteiger partial charge in [-0.15, -0.1) is 0 Å². The fourth-order valence-corrected chi connectivity index (χ4v) is 3.27. The smallest absolute Gasteiger partial charge is 0.227 e. The molecular formula is C15H24N2O. The van der Waals surface area contributed by atoms with Crippen LogP contribution in [0.1, 0.15) is 65.2 Å². The molecule has 1 amide bonds. The van der Waals surface area contributed by atoms with Gasteiger partial charge in [-0.2, -0.15) is 5.26 Å². The number of nitrogens with zero attached hydrogens (tertiary/aromatic N) is 1. The quantitative estimate of drug-likeness (QED) is 0.816. The molecule has 0 aliphatic heterocycles. The molecule has 2 rings (SSSR count). The molecule has 0 radical (unpaired) electrons. The fraction of sp³-hybridized carbons (Fsp3) is 0.867. The molecule has 0 aromatic rings. The first-order valence-electron chi connectivity index (χ1n) is 7.24. The number of carbonyl (C=O) groups is 1. The second-order valence-corrected chi connectivity index (χ2v) is 6.60. The van der Waals surface area contributed by atoms with Crippen LogP contribution in [0.3, 0.4) is 0 Å². The van der Waals surface area contributed by atoms with Crippen LogP contribution in [0.4, 0.5) is 0 Å². The molecule has 2 fully saturated rings. The Labute approximate surface area is 110 Å². The average molecular weight is 248 g/mol. The van der Waals surface area contributed by atoms with Gasteiger partial charge in [-0.05, 0) is 44.4 Å². The van der Waals surface area contributed by atoms with Crippen LogP contribution >= 0.6 is 0 Å². The fourth-order valence-electron chi connectivity index (χ4n) is 3.27. The normalized spacial score (nSPS) is 34.8. The number of rotatable bonds is 2. The highest BCUT2D eigenvalue weighted by atomic mass is 16.2. The van der Waals surface area contributed by atoms with Crippen molar-refractivity contribution in [1.29, 1.82) is 5.26 Å². The van der Waals surface area contributed by atoms with Gasteiger partial charge >= 0.3 is 0 Å². The van der Waals surface area contributed by atoms with Crippen molar-refractivity contribution >= 4 is 5.91 Å². The van der Waals surface area contributed by atoms with Gasteiger partial charge in [0.1, 0.15) is 5.54 Å². The van der Waals surface area contributed by atoms with Gasteiger partial charge in [0.05, 0.1) is 6.07 Å². The summed E-state index contributed by atoms with van der Waals surface area (Å²) in [6.07, 6.45) is 7.93. The van der Waals surface area contributed by atoms with Crippen molar-refractivity contribution in [3.63, 3.8) is 0 Å². The first-order chi connectivity index (χ1) is 8.50. The Morgan fingerprint density at radius 2 is 1.78 bits per heavy atom. The molecule has 18 heavy (non-hydrogen) atoms. The first-order valence-corrected chi connectivity index (χ1v) is 7.24. The third-order valence-corrected chi connectivity index (χ3v) is 4.95. The van der Waals surface area contributed by atoms with Crippen molar-refractivity contribution in [3.8, 4) is 6.07 Å². The van der Waals surface area contributed by atoms with E-state index in [1.807, 2.05) is 6.92 Å². The van der Waals surface area contributed by atoms with E-state index in [-0.39, 0.29) is 11.3 Å². The van der Waals surface area contributed by atoms with Crippen molar-refractivity contribution in [2.75, 3.05) is 0 Å². The van der Waals surface area contributed by atoms with Gasteiger partial charge in [0, 0.05) is 5.41 Å². The predicted octanol–water partition coefficient (Wildman–Crippen LogP) is 3.16. The van der Waals surface area contributed by atoms with Gasteiger partial charge in [-0.3, -0.25) is 4.79 Å². The molecule has 2 aliphatic carbocycles. The number of carbonyl (C=O) groups excluding carboxylic acids is 1. The maximum Gasteiger partial charge on any atom is 0.227 e. The van der Waals surface area contributed by atoms with Gasteiger partial charge < -0.3 is 5.32 Å². The van der Waals surface area contributed by atoms with E-state index in [9.17, 15) is 10.1 Å². The third-order valence-electron chi connectivity index (χ3n) is 4.95. The van der Waals surface area contributed by atoms with E-state index in [4.69, 9.17) is 0 Å². The van der Waals surface area contributed by atoms with Crippen LogP contribution in [-0.2, 0) is 4.79 Å². The van der Waals surface area contributed by atoms with Crippen molar-refractivity contribution in [3.05, 3.63) is 0 Å². The molecule has 3 nitrogen and oxygen atoms in total. The first kappa shape index (κ1) is 13.4. The monoisotopic (exact) mass is 248 g/mol. The minimum absolute atomic E-state index is 0.108. The summed E-state index contributed by atoms with van der Waals surface area (Å²) in [5.74, 6) is 0.793. The van der Waals surface area contributed by atoms with Gasteiger partial charge in [-0.1, -0.05) is 26.7 Å². The molecule has 100 valence electrons. The number of amides is 1. The molecule has 0 aromatic carbocycles. The Morgan fingerprint density at radius 1 is 1.22 bits per heavy atom. The van der Waals surface area contributed by atoms with Crippen LogP contribution in [0.15, 0.2) is 0 Å². The molecule has 3 heteroatoms. The SMILES string of the molecule is CC1CCC(C#N)(NC(=O)C2(C)CCCC2)CC1.